The highest BCUT2D eigenvalue weighted by atomic mass is 35.5. The maximum absolute atomic E-state index is 9.26. The van der Waals surface area contributed by atoms with Crippen LogP contribution in [-0.4, -0.2) is 23.2 Å². The zero-order valence-corrected chi connectivity index (χ0v) is 10.1. The Bertz CT molecular complexity index is 441. The van der Waals surface area contributed by atoms with E-state index in [0.29, 0.717) is 17.5 Å². The van der Waals surface area contributed by atoms with Crippen molar-refractivity contribution >= 4 is 17.5 Å². The van der Waals surface area contributed by atoms with Crippen molar-refractivity contribution in [3.63, 3.8) is 0 Å². The molecule has 0 fully saturated rings. The third kappa shape index (κ3) is 2.20. The summed E-state index contributed by atoms with van der Waals surface area (Å²) in [4.78, 5) is 4.47. The van der Waals surface area contributed by atoms with Gasteiger partial charge in [-0.1, -0.05) is 11.6 Å². The van der Waals surface area contributed by atoms with Crippen molar-refractivity contribution in [1.82, 2.24) is 0 Å². The molecule has 0 atom stereocenters. The topological polar surface area (TPSA) is 41.8 Å². The Labute approximate surface area is 99.7 Å². The van der Waals surface area contributed by atoms with Gasteiger partial charge in [0, 0.05) is 10.6 Å². The molecule has 0 saturated carbocycles. The molecule has 16 heavy (non-hydrogen) atoms. The molecule has 1 aliphatic heterocycles. The summed E-state index contributed by atoms with van der Waals surface area (Å²) in [6, 6.07) is 5.33. The molecule has 1 aliphatic rings. The van der Waals surface area contributed by atoms with Gasteiger partial charge in [-0.15, -0.1) is 0 Å². The minimum atomic E-state index is -0.193. The maximum Gasteiger partial charge on any atom is 0.217 e. The molecule has 1 N–H and O–H groups in total. The summed E-state index contributed by atoms with van der Waals surface area (Å²) in [7, 11) is 0. The SMILES string of the molecule is CC1(C)COC(c2ccc(Cl)cc2CO)=N1. The second-order valence-electron chi connectivity index (χ2n) is 4.48. The molecular weight excluding hydrogens is 226 g/mol. The number of aliphatic imine (C=N–C) groups is 1. The Morgan fingerprint density at radius 3 is 2.81 bits per heavy atom. The van der Waals surface area contributed by atoms with Crippen molar-refractivity contribution in [2.75, 3.05) is 6.61 Å². The summed E-state index contributed by atoms with van der Waals surface area (Å²) >= 11 is 5.87. The maximum atomic E-state index is 9.26. The van der Waals surface area contributed by atoms with E-state index in [2.05, 4.69) is 4.99 Å². The molecule has 1 aromatic carbocycles. The quantitative estimate of drug-likeness (QED) is 0.861. The summed E-state index contributed by atoms with van der Waals surface area (Å²) in [6.07, 6.45) is 0. The van der Waals surface area contributed by atoms with Gasteiger partial charge < -0.3 is 9.84 Å². The predicted octanol–water partition coefficient (Wildman–Crippen LogP) is 2.39. The molecule has 0 aliphatic carbocycles. The smallest absolute Gasteiger partial charge is 0.217 e. The fraction of sp³-hybridized carbons (Fsp3) is 0.417. The molecule has 4 heteroatoms. The zero-order chi connectivity index (χ0) is 11.8. The molecule has 0 amide bonds. The Balaban J connectivity index is 2.42. The average Bonchev–Trinajstić information content (AvgIpc) is 2.58. The molecule has 0 bridgehead atoms. The second-order valence-corrected chi connectivity index (χ2v) is 4.91. The molecule has 0 spiro atoms. The van der Waals surface area contributed by atoms with Crippen LogP contribution in [0.4, 0.5) is 0 Å². The van der Waals surface area contributed by atoms with Crippen LogP contribution in [-0.2, 0) is 11.3 Å². The van der Waals surface area contributed by atoms with Gasteiger partial charge in [-0.05, 0) is 37.6 Å². The van der Waals surface area contributed by atoms with Crippen molar-refractivity contribution in [2.24, 2.45) is 4.99 Å². The van der Waals surface area contributed by atoms with Gasteiger partial charge in [-0.3, -0.25) is 0 Å². The van der Waals surface area contributed by atoms with Crippen molar-refractivity contribution in [2.45, 2.75) is 26.0 Å². The highest BCUT2D eigenvalue weighted by molar-refractivity contribution is 6.30. The summed E-state index contributed by atoms with van der Waals surface area (Å²) in [5.41, 5.74) is 1.36. The molecule has 3 nitrogen and oxygen atoms in total. The first-order chi connectivity index (χ1) is 7.52. The van der Waals surface area contributed by atoms with E-state index in [1.54, 1.807) is 12.1 Å². The van der Waals surface area contributed by atoms with Gasteiger partial charge in [0.15, 0.2) is 0 Å². The van der Waals surface area contributed by atoms with E-state index in [4.69, 9.17) is 16.3 Å². The lowest BCUT2D eigenvalue weighted by molar-refractivity contribution is 0.273. The number of ether oxygens (including phenoxy) is 1. The van der Waals surface area contributed by atoms with Crippen LogP contribution in [0, 0.1) is 0 Å². The Hall–Kier alpha value is -1.06. The van der Waals surface area contributed by atoms with Crippen molar-refractivity contribution in [3.05, 3.63) is 34.3 Å². The molecule has 1 heterocycles. The molecule has 0 saturated heterocycles. The molecule has 1 aromatic rings. The number of hydrogen-bond acceptors (Lipinski definition) is 3. The first-order valence-corrected chi connectivity index (χ1v) is 5.52. The summed E-state index contributed by atoms with van der Waals surface area (Å²) in [5, 5.41) is 9.87. The lowest BCUT2D eigenvalue weighted by Crippen LogP contribution is -2.17. The van der Waals surface area contributed by atoms with Crippen LogP contribution < -0.4 is 0 Å². The van der Waals surface area contributed by atoms with Gasteiger partial charge in [-0.25, -0.2) is 4.99 Å². The van der Waals surface area contributed by atoms with Crippen LogP contribution in [0.15, 0.2) is 23.2 Å². The summed E-state index contributed by atoms with van der Waals surface area (Å²) in [5.74, 6) is 0.589. The van der Waals surface area contributed by atoms with Gasteiger partial charge >= 0.3 is 0 Å². The lowest BCUT2D eigenvalue weighted by atomic mass is 10.1. The van der Waals surface area contributed by atoms with Gasteiger partial charge in [0.2, 0.25) is 5.90 Å². The van der Waals surface area contributed by atoms with Crippen molar-refractivity contribution in [3.8, 4) is 0 Å². The van der Waals surface area contributed by atoms with Crippen LogP contribution >= 0.6 is 11.6 Å². The van der Waals surface area contributed by atoms with E-state index in [1.807, 2.05) is 19.9 Å². The average molecular weight is 240 g/mol. The molecular formula is C12H14ClNO2. The van der Waals surface area contributed by atoms with E-state index in [-0.39, 0.29) is 12.1 Å². The number of rotatable bonds is 2. The van der Waals surface area contributed by atoms with Crippen molar-refractivity contribution < 1.29 is 9.84 Å². The van der Waals surface area contributed by atoms with Gasteiger partial charge in [-0.2, -0.15) is 0 Å². The third-order valence-corrected chi connectivity index (χ3v) is 2.67. The first-order valence-electron chi connectivity index (χ1n) is 5.14. The van der Waals surface area contributed by atoms with E-state index in [0.717, 1.165) is 11.1 Å². The van der Waals surface area contributed by atoms with Crippen LogP contribution in [0.5, 0.6) is 0 Å². The fourth-order valence-electron chi connectivity index (χ4n) is 1.62. The van der Waals surface area contributed by atoms with E-state index < -0.39 is 0 Å². The number of hydrogen-bond donors (Lipinski definition) is 1. The minimum Gasteiger partial charge on any atom is -0.475 e. The van der Waals surface area contributed by atoms with Crippen LogP contribution in [0.2, 0.25) is 5.02 Å². The minimum absolute atomic E-state index is 0.0707. The van der Waals surface area contributed by atoms with Gasteiger partial charge in [0.25, 0.3) is 0 Å². The normalized spacial score (nSPS) is 18.1. The molecule has 2 rings (SSSR count). The molecule has 0 unspecified atom stereocenters. The highest BCUT2D eigenvalue weighted by Crippen LogP contribution is 2.24. The van der Waals surface area contributed by atoms with E-state index in [9.17, 15) is 5.11 Å². The second kappa shape index (κ2) is 4.07. The number of halogens is 1. The standard InChI is InChI=1S/C12H14ClNO2/c1-12(2)7-16-11(14-12)10-4-3-9(13)5-8(10)6-15/h3-5,15H,6-7H2,1-2H3. The van der Waals surface area contributed by atoms with Gasteiger partial charge in [0.05, 0.1) is 12.1 Å². The summed E-state index contributed by atoms with van der Waals surface area (Å²) < 4.78 is 5.53. The monoisotopic (exact) mass is 239 g/mol. The number of aliphatic hydroxyl groups is 1. The molecule has 86 valence electrons. The lowest BCUT2D eigenvalue weighted by Gasteiger charge is -2.07. The Kier molecular flexibility index (Phi) is 2.91. The van der Waals surface area contributed by atoms with E-state index in [1.165, 1.54) is 0 Å². The summed E-state index contributed by atoms with van der Waals surface area (Å²) in [6.45, 7) is 4.51. The fourth-order valence-corrected chi connectivity index (χ4v) is 1.82. The number of nitrogens with zero attached hydrogens (tertiary/aromatic N) is 1. The Morgan fingerprint density at radius 1 is 1.50 bits per heavy atom. The molecule has 0 radical (unpaired) electrons. The van der Waals surface area contributed by atoms with Gasteiger partial charge in [0.1, 0.15) is 6.61 Å². The third-order valence-electron chi connectivity index (χ3n) is 2.43. The number of benzene rings is 1. The van der Waals surface area contributed by atoms with E-state index >= 15 is 0 Å². The predicted molar refractivity (Wildman–Crippen MR) is 63.9 cm³/mol. The zero-order valence-electron chi connectivity index (χ0n) is 9.33. The Morgan fingerprint density at radius 2 is 2.25 bits per heavy atom. The number of aliphatic hydroxyl groups excluding tert-OH is 1. The van der Waals surface area contributed by atoms with Crippen LogP contribution in [0.3, 0.4) is 0 Å². The van der Waals surface area contributed by atoms with Crippen LogP contribution in [0.25, 0.3) is 0 Å². The van der Waals surface area contributed by atoms with Crippen molar-refractivity contribution in [1.29, 1.82) is 0 Å². The molecule has 0 aromatic heterocycles. The highest BCUT2D eigenvalue weighted by Gasteiger charge is 2.27. The first kappa shape index (κ1) is 11.4. The van der Waals surface area contributed by atoms with Crippen LogP contribution in [0.1, 0.15) is 25.0 Å². The largest absolute Gasteiger partial charge is 0.475 e.